The van der Waals surface area contributed by atoms with Crippen molar-refractivity contribution in [1.82, 2.24) is 14.3 Å². The number of fused-ring (bicyclic) bond motifs is 2. The van der Waals surface area contributed by atoms with Crippen LogP contribution < -0.4 is 5.76 Å². The van der Waals surface area contributed by atoms with Gasteiger partial charge in [-0.25, -0.2) is 4.79 Å². The van der Waals surface area contributed by atoms with Crippen LogP contribution in [-0.4, -0.2) is 25.4 Å². The van der Waals surface area contributed by atoms with Crippen LogP contribution >= 0.6 is 0 Å². The van der Waals surface area contributed by atoms with Crippen LogP contribution in [0.5, 0.6) is 0 Å². The molecule has 1 aliphatic rings. The third kappa shape index (κ3) is 2.24. The van der Waals surface area contributed by atoms with Gasteiger partial charge in [0, 0.05) is 18.2 Å². The van der Waals surface area contributed by atoms with Crippen LogP contribution in [0.2, 0.25) is 0 Å². The highest BCUT2D eigenvalue weighted by Gasteiger charge is 2.21. The molecule has 0 saturated carbocycles. The van der Waals surface area contributed by atoms with Gasteiger partial charge in [0.1, 0.15) is 6.54 Å². The quantitative estimate of drug-likeness (QED) is 0.794. The molecule has 0 radical (unpaired) electrons. The highest BCUT2D eigenvalue weighted by atomic mass is 16.4. The first kappa shape index (κ1) is 14.7. The van der Waals surface area contributed by atoms with Gasteiger partial charge in [0.2, 0.25) is 0 Å². The van der Waals surface area contributed by atoms with E-state index in [4.69, 9.17) is 9.52 Å². The minimum Gasteiger partial charge on any atom is -0.480 e. The van der Waals surface area contributed by atoms with E-state index in [1.165, 1.54) is 5.56 Å². The summed E-state index contributed by atoms with van der Waals surface area (Å²) in [4.78, 5) is 22.8. The minimum absolute atomic E-state index is 0.393. The van der Waals surface area contributed by atoms with E-state index >= 15 is 0 Å². The monoisotopic (exact) mass is 327 g/mol. The largest absolute Gasteiger partial charge is 0.480 e. The van der Waals surface area contributed by atoms with Crippen LogP contribution in [0.15, 0.2) is 27.4 Å². The van der Waals surface area contributed by atoms with Crippen molar-refractivity contribution < 1.29 is 14.3 Å². The third-order valence-electron chi connectivity index (χ3n) is 4.55. The first-order valence-corrected chi connectivity index (χ1v) is 7.95. The minimum atomic E-state index is -1.08. The molecular formula is C17H17N3O4. The lowest BCUT2D eigenvalue weighted by Crippen LogP contribution is -2.19. The molecule has 1 N–H and O–H groups in total. The number of benzene rings is 1. The number of carboxylic acid groups (broad SMARTS) is 1. The number of aryl methyl sites for hydroxylation is 2. The predicted octanol–water partition coefficient (Wildman–Crippen LogP) is 1.96. The van der Waals surface area contributed by atoms with Crippen LogP contribution in [0.1, 0.15) is 24.1 Å². The number of hydrogen-bond donors (Lipinski definition) is 1. The summed E-state index contributed by atoms with van der Waals surface area (Å²) in [5, 5.41) is 13.5. The Balaban J connectivity index is 1.86. The number of rotatable bonds is 3. The number of hydrogen-bond acceptors (Lipinski definition) is 4. The zero-order valence-electron chi connectivity index (χ0n) is 13.3. The molecule has 0 fully saturated rings. The summed E-state index contributed by atoms with van der Waals surface area (Å²) in [5.41, 5.74) is 5.25. The number of nitrogens with zero attached hydrogens (tertiary/aromatic N) is 3. The Morgan fingerprint density at radius 2 is 2.12 bits per heavy atom. The molecule has 0 bridgehead atoms. The summed E-state index contributed by atoms with van der Waals surface area (Å²) < 4.78 is 8.24. The van der Waals surface area contributed by atoms with Gasteiger partial charge < -0.3 is 9.52 Å². The van der Waals surface area contributed by atoms with E-state index in [-0.39, 0.29) is 0 Å². The van der Waals surface area contributed by atoms with Crippen molar-refractivity contribution in [3.05, 3.63) is 40.0 Å². The van der Waals surface area contributed by atoms with Crippen LogP contribution in [-0.2, 0) is 31.2 Å². The number of aliphatic carboxylic acids is 1. The number of oxazole rings is 1. The van der Waals surface area contributed by atoms with E-state index < -0.39 is 18.3 Å². The molecule has 24 heavy (non-hydrogen) atoms. The Kier molecular flexibility index (Phi) is 3.30. The number of carboxylic acids is 1. The third-order valence-corrected chi connectivity index (χ3v) is 4.55. The molecule has 2 heterocycles. The lowest BCUT2D eigenvalue weighted by atomic mass is 9.93. The Morgan fingerprint density at radius 1 is 1.33 bits per heavy atom. The van der Waals surface area contributed by atoms with Crippen LogP contribution in [0.3, 0.4) is 0 Å². The Labute approximate surface area is 137 Å². The summed E-state index contributed by atoms with van der Waals surface area (Å²) in [7, 11) is 1.92. The molecular weight excluding hydrogens is 310 g/mol. The highest BCUT2D eigenvalue weighted by Crippen LogP contribution is 2.32. The van der Waals surface area contributed by atoms with Crippen molar-refractivity contribution in [2.75, 3.05) is 0 Å². The summed E-state index contributed by atoms with van der Waals surface area (Å²) in [6.07, 6.45) is 4.31. The maximum absolute atomic E-state index is 11.9. The number of carbonyl (C=O) groups is 1. The standard InChI is InChI=1S/C17H17N3O4/c1-19-16(11-4-2-3-5-12(11)18-19)10-6-7-13-14(8-10)24-17(23)20(13)9-15(21)22/h6-8H,2-5,9H2,1H3,(H,21,22). The Morgan fingerprint density at radius 3 is 2.92 bits per heavy atom. The second-order valence-corrected chi connectivity index (χ2v) is 6.13. The van der Waals surface area contributed by atoms with Crippen molar-refractivity contribution >= 4 is 17.1 Å². The summed E-state index contributed by atoms with van der Waals surface area (Å²) >= 11 is 0. The molecule has 0 amide bonds. The molecule has 124 valence electrons. The molecule has 2 aromatic heterocycles. The second-order valence-electron chi connectivity index (χ2n) is 6.13. The molecule has 7 heteroatoms. The molecule has 0 aliphatic heterocycles. The number of aromatic nitrogens is 3. The summed E-state index contributed by atoms with van der Waals surface area (Å²) in [5.74, 6) is -1.74. The normalized spacial score (nSPS) is 14.0. The van der Waals surface area contributed by atoms with E-state index in [1.54, 1.807) is 12.1 Å². The fourth-order valence-electron chi connectivity index (χ4n) is 3.54. The predicted molar refractivity (Wildman–Crippen MR) is 87.0 cm³/mol. The van der Waals surface area contributed by atoms with Crippen molar-refractivity contribution in [2.45, 2.75) is 32.2 Å². The maximum Gasteiger partial charge on any atom is 0.420 e. The topological polar surface area (TPSA) is 90.3 Å². The molecule has 4 rings (SSSR count). The van der Waals surface area contributed by atoms with Gasteiger partial charge in [-0.3, -0.25) is 14.0 Å². The fourth-order valence-corrected chi connectivity index (χ4v) is 3.54. The van der Waals surface area contributed by atoms with Gasteiger partial charge in [-0.2, -0.15) is 5.10 Å². The average molecular weight is 327 g/mol. The second kappa shape index (κ2) is 5.36. The van der Waals surface area contributed by atoms with E-state index in [0.717, 1.165) is 47.2 Å². The first-order valence-electron chi connectivity index (χ1n) is 7.95. The molecule has 1 aliphatic carbocycles. The van der Waals surface area contributed by atoms with E-state index in [2.05, 4.69) is 5.10 Å². The van der Waals surface area contributed by atoms with Gasteiger partial charge >= 0.3 is 11.7 Å². The molecule has 1 aromatic carbocycles. The van der Waals surface area contributed by atoms with E-state index in [9.17, 15) is 9.59 Å². The molecule has 0 saturated heterocycles. The van der Waals surface area contributed by atoms with Crippen molar-refractivity contribution in [3.8, 4) is 11.3 Å². The van der Waals surface area contributed by atoms with Gasteiger partial charge in [0.05, 0.1) is 16.9 Å². The molecule has 3 aromatic rings. The lowest BCUT2D eigenvalue weighted by molar-refractivity contribution is -0.137. The zero-order valence-corrected chi connectivity index (χ0v) is 13.3. The van der Waals surface area contributed by atoms with Gasteiger partial charge in [-0.05, 0) is 37.8 Å². The SMILES string of the molecule is Cn1nc2c(c1-c1ccc3c(c1)oc(=O)n3CC(=O)O)CCCC2. The van der Waals surface area contributed by atoms with Crippen LogP contribution in [0, 0.1) is 0 Å². The van der Waals surface area contributed by atoms with Gasteiger partial charge in [0.25, 0.3) is 0 Å². The maximum atomic E-state index is 11.9. The Bertz CT molecular complexity index is 1010. The molecule has 0 atom stereocenters. The van der Waals surface area contributed by atoms with Gasteiger partial charge in [0.15, 0.2) is 5.58 Å². The fraction of sp³-hybridized carbons (Fsp3) is 0.353. The molecule has 0 unspecified atom stereocenters. The Hall–Kier alpha value is -2.83. The smallest absolute Gasteiger partial charge is 0.420 e. The molecule has 7 nitrogen and oxygen atoms in total. The summed E-state index contributed by atoms with van der Waals surface area (Å²) in [6, 6.07) is 5.42. The zero-order chi connectivity index (χ0) is 16.8. The van der Waals surface area contributed by atoms with Crippen LogP contribution in [0.4, 0.5) is 0 Å². The summed E-state index contributed by atoms with van der Waals surface area (Å²) in [6.45, 7) is -0.410. The van der Waals surface area contributed by atoms with Crippen molar-refractivity contribution in [1.29, 1.82) is 0 Å². The molecule has 0 spiro atoms. The average Bonchev–Trinajstić information content (AvgIpc) is 3.03. The van der Waals surface area contributed by atoms with Gasteiger partial charge in [-0.1, -0.05) is 6.07 Å². The van der Waals surface area contributed by atoms with Crippen molar-refractivity contribution in [2.24, 2.45) is 7.05 Å². The van der Waals surface area contributed by atoms with Gasteiger partial charge in [-0.15, -0.1) is 0 Å². The van der Waals surface area contributed by atoms with E-state index in [1.807, 2.05) is 17.8 Å². The lowest BCUT2D eigenvalue weighted by Gasteiger charge is -2.11. The van der Waals surface area contributed by atoms with Crippen molar-refractivity contribution in [3.63, 3.8) is 0 Å². The van der Waals surface area contributed by atoms with Crippen LogP contribution in [0.25, 0.3) is 22.4 Å². The van der Waals surface area contributed by atoms with E-state index in [0.29, 0.717) is 11.1 Å². The highest BCUT2D eigenvalue weighted by molar-refractivity contribution is 5.82. The first-order chi connectivity index (χ1) is 11.5.